The molecule has 3 aromatic rings. The quantitative estimate of drug-likeness (QED) is 0.570. The molecular weight excluding hydrogens is 379 g/mol. The predicted octanol–water partition coefficient (Wildman–Crippen LogP) is 4.45. The molecule has 0 aliphatic rings. The minimum atomic E-state index is -0.305. The Labute approximate surface area is 166 Å². The third kappa shape index (κ3) is 4.75. The Bertz CT molecular complexity index is 987. The van der Waals surface area contributed by atoms with Gasteiger partial charge >= 0.3 is 0 Å². The van der Waals surface area contributed by atoms with Crippen molar-refractivity contribution in [3.8, 4) is 22.1 Å². The summed E-state index contributed by atoms with van der Waals surface area (Å²) in [6.45, 7) is 4.17. The van der Waals surface area contributed by atoms with Gasteiger partial charge < -0.3 is 14.8 Å². The smallest absolute Gasteiger partial charge is 0.271 e. The molecule has 0 saturated heterocycles. The summed E-state index contributed by atoms with van der Waals surface area (Å²) in [6.07, 6.45) is 1.61. The highest BCUT2D eigenvalue weighted by Gasteiger charge is 2.13. The second-order valence-electron chi connectivity index (χ2n) is 5.82. The summed E-state index contributed by atoms with van der Waals surface area (Å²) in [7, 11) is 1.55. The van der Waals surface area contributed by atoms with Crippen molar-refractivity contribution in [3.05, 3.63) is 77.6 Å². The highest BCUT2D eigenvalue weighted by atomic mass is 32.1. The van der Waals surface area contributed by atoms with Crippen LogP contribution in [0.15, 0.2) is 60.5 Å². The standard InChI is InChI=1S/C21H19FN2O3S/c1-3-9-23-20(25)17-13-28-21(24-17)15-7-8-18(19(11-15)26-2)27-12-14-5-4-6-16(22)10-14/h3-8,10-11,13H,1,9,12H2,2H3,(H,23,25). The van der Waals surface area contributed by atoms with Crippen molar-refractivity contribution >= 4 is 17.2 Å². The van der Waals surface area contributed by atoms with Gasteiger partial charge in [0.1, 0.15) is 23.1 Å². The average molecular weight is 398 g/mol. The molecule has 7 heteroatoms. The van der Waals surface area contributed by atoms with E-state index < -0.39 is 0 Å². The van der Waals surface area contributed by atoms with Crippen LogP contribution in [0.3, 0.4) is 0 Å². The second kappa shape index (κ2) is 9.14. The van der Waals surface area contributed by atoms with E-state index in [1.807, 2.05) is 6.07 Å². The van der Waals surface area contributed by atoms with Gasteiger partial charge in [0.2, 0.25) is 0 Å². The van der Waals surface area contributed by atoms with Crippen LogP contribution in [-0.4, -0.2) is 24.5 Å². The van der Waals surface area contributed by atoms with E-state index in [0.29, 0.717) is 28.7 Å². The number of benzene rings is 2. The van der Waals surface area contributed by atoms with Crippen LogP contribution in [0.1, 0.15) is 16.1 Å². The fourth-order valence-electron chi connectivity index (χ4n) is 2.47. The van der Waals surface area contributed by atoms with Crippen LogP contribution in [0.25, 0.3) is 10.6 Å². The van der Waals surface area contributed by atoms with Crippen molar-refractivity contribution < 1.29 is 18.7 Å². The van der Waals surface area contributed by atoms with Crippen LogP contribution in [0, 0.1) is 5.82 Å². The molecule has 3 rings (SSSR count). The molecule has 1 aromatic heterocycles. The van der Waals surface area contributed by atoms with Crippen molar-refractivity contribution in [3.63, 3.8) is 0 Å². The zero-order valence-corrected chi connectivity index (χ0v) is 16.1. The van der Waals surface area contributed by atoms with Crippen molar-refractivity contribution in [1.82, 2.24) is 10.3 Å². The van der Waals surface area contributed by atoms with E-state index in [4.69, 9.17) is 9.47 Å². The number of nitrogens with zero attached hydrogens (tertiary/aromatic N) is 1. The molecular formula is C21H19FN2O3S. The first-order chi connectivity index (χ1) is 13.6. The Balaban J connectivity index is 1.75. The zero-order valence-electron chi connectivity index (χ0n) is 15.3. The number of amides is 1. The normalized spacial score (nSPS) is 10.4. The lowest BCUT2D eigenvalue weighted by molar-refractivity contribution is 0.0954. The molecule has 0 fully saturated rings. The van der Waals surface area contributed by atoms with Gasteiger partial charge in [0, 0.05) is 17.5 Å². The fourth-order valence-corrected chi connectivity index (χ4v) is 3.27. The minimum Gasteiger partial charge on any atom is -0.493 e. The average Bonchev–Trinajstić information content (AvgIpc) is 3.21. The van der Waals surface area contributed by atoms with Gasteiger partial charge in [-0.05, 0) is 35.9 Å². The van der Waals surface area contributed by atoms with Crippen molar-refractivity contribution in [2.24, 2.45) is 0 Å². The largest absolute Gasteiger partial charge is 0.493 e. The Kier molecular flexibility index (Phi) is 6.39. The van der Waals surface area contributed by atoms with Gasteiger partial charge in [-0.15, -0.1) is 17.9 Å². The van der Waals surface area contributed by atoms with Gasteiger partial charge in [0.15, 0.2) is 11.5 Å². The lowest BCUT2D eigenvalue weighted by Gasteiger charge is -2.12. The summed E-state index contributed by atoms with van der Waals surface area (Å²) in [5, 5.41) is 5.09. The Hall–Kier alpha value is -3.19. The molecule has 1 amide bonds. The molecule has 0 atom stereocenters. The number of halogens is 1. The molecule has 1 N–H and O–H groups in total. The molecule has 1 heterocycles. The SMILES string of the molecule is C=CCNC(=O)c1csc(-c2ccc(OCc3cccc(F)c3)c(OC)c2)n1. The molecule has 2 aromatic carbocycles. The van der Waals surface area contributed by atoms with E-state index in [1.165, 1.54) is 23.5 Å². The predicted molar refractivity (Wildman–Crippen MR) is 107 cm³/mol. The third-order valence-corrected chi connectivity index (χ3v) is 4.73. The first-order valence-corrected chi connectivity index (χ1v) is 9.39. The summed E-state index contributed by atoms with van der Waals surface area (Å²) in [4.78, 5) is 16.4. The van der Waals surface area contributed by atoms with E-state index in [2.05, 4.69) is 16.9 Å². The number of aromatic nitrogens is 1. The molecule has 0 aliphatic carbocycles. The lowest BCUT2D eigenvalue weighted by Crippen LogP contribution is -2.23. The number of rotatable bonds is 8. The molecule has 144 valence electrons. The van der Waals surface area contributed by atoms with E-state index in [9.17, 15) is 9.18 Å². The van der Waals surface area contributed by atoms with E-state index in [1.54, 1.807) is 42.8 Å². The molecule has 0 aliphatic heterocycles. The lowest BCUT2D eigenvalue weighted by atomic mass is 10.2. The van der Waals surface area contributed by atoms with Crippen LogP contribution >= 0.6 is 11.3 Å². The summed E-state index contributed by atoms with van der Waals surface area (Å²) >= 11 is 1.37. The number of hydrogen-bond acceptors (Lipinski definition) is 5. The Morgan fingerprint density at radius 3 is 2.89 bits per heavy atom. The molecule has 0 spiro atoms. The highest BCUT2D eigenvalue weighted by molar-refractivity contribution is 7.13. The second-order valence-corrected chi connectivity index (χ2v) is 6.68. The van der Waals surface area contributed by atoms with E-state index in [-0.39, 0.29) is 18.3 Å². The number of carbonyl (C=O) groups is 1. The summed E-state index contributed by atoms with van der Waals surface area (Å²) in [5.41, 5.74) is 1.89. The third-order valence-electron chi connectivity index (χ3n) is 3.84. The number of hydrogen-bond donors (Lipinski definition) is 1. The first-order valence-electron chi connectivity index (χ1n) is 8.51. The molecule has 0 radical (unpaired) electrons. The minimum absolute atomic E-state index is 0.221. The number of thiazole rings is 1. The van der Waals surface area contributed by atoms with Crippen LogP contribution in [0.5, 0.6) is 11.5 Å². The van der Waals surface area contributed by atoms with E-state index in [0.717, 1.165) is 11.1 Å². The van der Waals surface area contributed by atoms with Gasteiger partial charge in [-0.25, -0.2) is 9.37 Å². The number of ether oxygens (including phenoxy) is 2. The topological polar surface area (TPSA) is 60.5 Å². The number of carbonyl (C=O) groups excluding carboxylic acids is 1. The Morgan fingerprint density at radius 1 is 1.29 bits per heavy atom. The monoisotopic (exact) mass is 398 g/mol. The maximum atomic E-state index is 13.3. The summed E-state index contributed by atoms with van der Waals surface area (Å²) < 4.78 is 24.5. The summed E-state index contributed by atoms with van der Waals surface area (Å²) in [5.74, 6) is 0.516. The van der Waals surface area contributed by atoms with Crippen molar-refractivity contribution in [2.45, 2.75) is 6.61 Å². The van der Waals surface area contributed by atoms with Crippen LogP contribution in [-0.2, 0) is 6.61 Å². The maximum Gasteiger partial charge on any atom is 0.271 e. The Morgan fingerprint density at radius 2 is 2.14 bits per heavy atom. The van der Waals surface area contributed by atoms with Crippen molar-refractivity contribution in [1.29, 1.82) is 0 Å². The highest BCUT2D eigenvalue weighted by Crippen LogP contribution is 2.34. The molecule has 5 nitrogen and oxygen atoms in total. The van der Waals surface area contributed by atoms with Crippen LogP contribution in [0.2, 0.25) is 0 Å². The van der Waals surface area contributed by atoms with Gasteiger partial charge in [0.05, 0.1) is 7.11 Å². The van der Waals surface area contributed by atoms with Gasteiger partial charge in [-0.2, -0.15) is 0 Å². The molecule has 0 saturated carbocycles. The number of methoxy groups -OCH3 is 1. The maximum absolute atomic E-state index is 13.3. The molecule has 28 heavy (non-hydrogen) atoms. The first kappa shape index (κ1) is 19.6. The zero-order chi connectivity index (χ0) is 19.9. The van der Waals surface area contributed by atoms with Gasteiger partial charge in [-0.3, -0.25) is 4.79 Å². The van der Waals surface area contributed by atoms with Gasteiger partial charge in [-0.1, -0.05) is 18.2 Å². The number of nitrogens with one attached hydrogen (secondary N) is 1. The summed E-state index contributed by atoms with van der Waals surface area (Å²) in [6, 6.07) is 11.7. The van der Waals surface area contributed by atoms with Crippen LogP contribution in [0.4, 0.5) is 4.39 Å². The van der Waals surface area contributed by atoms with Crippen molar-refractivity contribution in [2.75, 3.05) is 13.7 Å². The van der Waals surface area contributed by atoms with Crippen LogP contribution < -0.4 is 14.8 Å². The van der Waals surface area contributed by atoms with Gasteiger partial charge in [0.25, 0.3) is 5.91 Å². The van der Waals surface area contributed by atoms with E-state index >= 15 is 0 Å². The molecule has 0 unspecified atom stereocenters. The fraction of sp³-hybridized carbons (Fsp3) is 0.143. The molecule has 0 bridgehead atoms.